The highest BCUT2D eigenvalue weighted by Crippen LogP contribution is 2.14. The molecule has 0 bridgehead atoms. The summed E-state index contributed by atoms with van der Waals surface area (Å²) in [5.74, 6) is 1.36. The van der Waals surface area contributed by atoms with Crippen LogP contribution in [0.1, 0.15) is 11.1 Å². The summed E-state index contributed by atoms with van der Waals surface area (Å²) in [6, 6.07) is 20.1. The molecule has 2 heteroatoms. The fourth-order valence-electron chi connectivity index (χ4n) is 1.97. The predicted molar refractivity (Wildman–Crippen MR) is 92.0 cm³/mol. The van der Waals surface area contributed by atoms with Crippen molar-refractivity contribution in [3.8, 4) is 0 Å². The average Bonchev–Trinajstić information content (AvgIpc) is 2.59. The minimum absolute atomic E-state index is 0.679. The van der Waals surface area contributed by atoms with Gasteiger partial charge in [-0.05, 0) is 23.3 Å². The van der Waals surface area contributed by atoms with Gasteiger partial charge in [0.2, 0.25) is 0 Å². The van der Waals surface area contributed by atoms with Crippen LogP contribution in [-0.4, -0.2) is 14.2 Å². The molecule has 22 heavy (non-hydrogen) atoms. The average molecular weight is 292 g/mol. The molecule has 0 atom stereocenters. The van der Waals surface area contributed by atoms with Crippen molar-refractivity contribution in [3.05, 3.63) is 95.5 Å². The maximum Gasteiger partial charge on any atom is 0.160 e. The minimum atomic E-state index is 0.679. The fraction of sp³-hybridized carbons (Fsp3) is 0.100. The standard InChI is InChI=1S/C20H20O2/c1-21-19(15-13-17-9-5-3-6-10-17)20(22-2)16-14-18-11-7-4-8-12-18/h3-16H,1-2H3/b15-13+,16-14+,20-19+. The van der Waals surface area contributed by atoms with E-state index in [0.717, 1.165) is 11.1 Å². The third-order valence-electron chi connectivity index (χ3n) is 3.14. The van der Waals surface area contributed by atoms with Crippen molar-refractivity contribution >= 4 is 12.2 Å². The van der Waals surface area contributed by atoms with Gasteiger partial charge in [0.15, 0.2) is 11.5 Å². The molecule has 0 aliphatic carbocycles. The molecular formula is C20H20O2. The molecule has 112 valence electrons. The Balaban J connectivity index is 2.21. The first-order valence-electron chi connectivity index (χ1n) is 7.12. The van der Waals surface area contributed by atoms with Gasteiger partial charge in [-0.3, -0.25) is 0 Å². The highest BCUT2D eigenvalue weighted by Gasteiger charge is 2.01. The van der Waals surface area contributed by atoms with Gasteiger partial charge < -0.3 is 9.47 Å². The molecule has 0 aromatic heterocycles. The van der Waals surface area contributed by atoms with Gasteiger partial charge in [0.25, 0.3) is 0 Å². The number of methoxy groups -OCH3 is 2. The molecule has 0 radical (unpaired) electrons. The van der Waals surface area contributed by atoms with Crippen LogP contribution in [0.15, 0.2) is 84.3 Å². The molecule has 2 nitrogen and oxygen atoms in total. The smallest absolute Gasteiger partial charge is 0.160 e. The van der Waals surface area contributed by atoms with E-state index < -0.39 is 0 Å². The van der Waals surface area contributed by atoms with E-state index in [4.69, 9.17) is 9.47 Å². The Labute approximate surface area is 132 Å². The first kappa shape index (κ1) is 15.6. The zero-order chi connectivity index (χ0) is 15.6. The molecular weight excluding hydrogens is 272 g/mol. The van der Waals surface area contributed by atoms with Crippen molar-refractivity contribution in [1.82, 2.24) is 0 Å². The normalized spacial score (nSPS) is 12.5. The van der Waals surface area contributed by atoms with Crippen LogP contribution in [0.4, 0.5) is 0 Å². The van der Waals surface area contributed by atoms with Crippen LogP contribution < -0.4 is 0 Å². The number of benzene rings is 2. The molecule has 0 aliphatic heterocycles. The summed E-state index contributed by atoms with van der Waals surface area (Å²) >= 11 is 0. The summed E-state index contributed by atoms with van der Waals surface area (Å²) in [4.78, 5) is 0. The van der Waals surface area contributed by atoms with Crippen LogP contribution >= 0.6 is 0 Å². The van der Waals surface area contributed by atoms with Gasteiger partial charge in [0.1, 0.15) is 0 Å². The largest absolute Gasteiger partial charge is 0.493 e. The Morgan fingerprint density at radius 2 is 1.00 bits per heavy atom. The Bertz CT molecular complexity index is 593. The molecule has 0 saturated carbocycles. The lowest BCUT2D eigenvalue weighted by Crippen LogP contribution is -1.92. The van der Waals surface area contributed by atoms with Gasteiger partial charge in [-0.25, -0.2) is 0 Å². The first-order valence-corrected chi connectivity index (χ1v) is 7.12. The SMILES string of the molecule is COC(/C=C/c1ccccc1)=C(\C=C\c1ccccc1)OC. The van der Waals surface area contributed by atoms with Gasteiger partial charge in [-0.2, -0.15) is 0 Å². The maximum atomic E-state index is 5.43. The molecule has 0 heterocycles. The fourth-order valence-corrected chi connectivity index (χ4v) is 1.97. The van der Waals surface area contributed by atoms with E-state index in [1.165, 1.54) is 0 Å². The number of rotatable bonds is 6. The summed E-state index contributed by atoms with van der Waals surface area (Å²) in [7, 11) is 3.28. The quantitative estimate of drug-likeness (QED) is 0.556. The van der Waals surface area contributed by atoms with Gasteiger partial charge >= 0.3 is 0 Å². The molecule has 0 fully saturated rings. The zero-order valence-corrected chi connectivity index (χ0v) is 12.9. The second-order valence-electron chi connectivity index (χ2n) is 4.62. The Hall–Kier alpha value is -2.74. The molecule has 0 N–H and O–H groups in total. The van der Waals surface area contributed by atoms with Crippen LogP contribution in [0.2, 0.25) is 0 Å². The minimum Gasteiger partial charge on any atom is -0.493 e. The van der Waals surface area contributed by atoms with Crippen LogP contribution in [0.5, 0.6) is 0 Å². The highest BCUT2D eigenvalue weighted by atomic mass is 16.5. The van der Waals surface area contributed by atoms with E-state index in [-0.39, 0.29) is 0 Å². The van der Waals surface area contributed by atoms with Crippen molar-refractivity contribution in [3.63, 3.8) is 0 Å². The van der Waals surface area contributed by atoms with Crippen LogP contribution in [0.25, 0.3) is 12.2 Å². The summed E-state index contributed by atoms with van der Waals surface area (Å²) in [5, 5.41) is 0. The zero-order valence-electron chi connectivity index (χ0n) is 12.9. The predicted octanol–water partition coefficient (Wildman–Crippen LogP) is 4.92. The molecule has 2 aromatic carbocycles. The monoisotopic (exact) mass is 292 g/mol. The van der Waals surface area contributed by atoms with Gasteiger partial charge in [-0.1, -0.05) is 72.8 Å². The van der Waals surface area contributed by atoms with E-state index in [2.05, 4.69) is 0 Å². The Morgan fingerprint density at radius 1 is 0.636 bits per heavy atom. The lowest BCUT2D eigenvalue weighted by atomic mass is 10.2. The first-order chi connectivity index (χ1) is 10.8. The molecule has 0 unspecified atom stereocenters. The Morgan fingerprint density at radius 3 is 1.32 bits per heavy atom. The highest BCUT2D eigenvalue weighted by molar-refractivity contribution is 5.55. The number of ether oxygens (including phenoxy) is 2. The molecule has 0 saturated heterocycles. The lowest BCUT2D eigenvalue weighted by molar-refractivity contribution is 0.242. The number of allylic oxidation sites excluding steroid dienone is 2. The maximum absolute atomic E-state index is 5.43. The molecule has 2 rings (SSSR count). The van der Waals surface area contributed by atoms with Crippen molar-refractivity contribution in [2.24, 2.45) is 0 Å². The topological polar surface area (TPSA) is 18.5 Å². The van der Waals surface area contributed by atoms with Gasteiger partial charge in [-0.15, -0.1) is 0 Å². The summed E-state index contributed by atoms with van der Waals surface area (Å²) in [5.41, 5.74) is 2.22. The van der Waals surface area contributed by atoms with E-state index in [9.17, 15) is 0 Å². The van der Waals surface area contributed by atoms with E-state index in [1.807, 2.05) is 85.0 Å². The second-order valence-corrected chi connectivity index (χ2v) is 4.62. The van der Waals surface area contributed by atoms with Crippen molar-refractivity contribution in [2.45, 2.75) is 0 Å². The molecule has 0 amide bonds. The second kappa shape index (κ2) is 8.53. The van der Waals surface area contributed by atoms with Crippen LogP contribution in [-0.2, 0) is 9.47 Å². The molecule has 2 aromatic rings. The number of hydrogen-bond acceptors (Lipinski definition) is 2. The van der Waals surface area contributed by atoms with Crippen LogP contribution in [0.3, 0.4) is 0 Å². The van der Waals surface area contributed by atoms with Gasteiger partial charge in [0, 0.05) is 0 Å². The summed E-state index contributed by atoms with van der Waals surface area (Å²) in [6.45, 7) is 0. The van der Waals surface area contributed by atoms with Gasteiger partial charge in [0.05, 0.1) is 14.2 Å². The van der Waals surface area contributed by atoms with Crippen molar-refractivity contribution < 1.29 is 9.47 Å². The number of hydrogen-bond donors (Lipinski definition) is 0. The third kappa shape index (κ3) is 4.67. The van der Waals surface area contributed by atoms with E-state index >= 15 is 0 Å². The molecule has 0 aliphatic rings. The summed E-state index contributed by atoms with van der Waals surface area (Å²) < 4.78 is 10.9. The van der Waals surface area contributed by atoms with E-state index in [1.54, 1.807) is 14.2 Å². The van der Waals surface area contributed by atoms with Crippen LogP contribution in [0, 0.1) is 0 Å². The molecule has 0 spiro atoms. The lowest BCUT2D eigenvalue weighted by Gasteiger charge is -2.07. The third-order valence-corrected chi connectivity index (χ3v) is 3.14. The Kier molecular flexibility index (Phi) is 6.06. The van der Waals surface area contributed by atoms with Crippen molar-refractivity contribution in [2.75, 3.05) is 14.2 Å². The summed E-state index contributed by atoms with van der Waals surface area (Å²) in [6.07, 6.45) is 7.80. The van der Waals surface area contributed by atoms with E-state index in [0.29, 0.717) is 11.5 Å². The van der Waals surface area contributed by atoms with Crippen molar-refractivity contribution in [1.29, 1.82) is 0 Å².